The summed E-state index contributed by atoms with van der Waals surface area (Å²) in [6, 6.07) is 53.3. The Balaban J connectivity index is 1.23. The highest BCUT2D eigenvalue weighted by Crippen LogP contribution is 2.53. The van der Waals surface area contributed by atoms with Gasteiger partial charge in [0.2, 0.25) is 0 Å². The zero-order valence-electron chi connectivity index (χ0n) is 27.0. The normalized spacial score (nSPS) is 13.3. The van der Waals surface area contributed by atoms with E-state index in [1.165, 1.54) is 88.3 Å². The van der Waals surface area contributed by atoms with Crippen LogP contribution in [0, 0.1) is 6.92 Å². The molecule has 0 amide bonds. The first-order valence-electron chi connectivity index (χ1n) is 16.5. The van der Waals surface area contributed by atoms with Gasteiger partial charge in [0.05, 0.1) is 11.0 Å². The lowest BCUT2D eigenvalue weighted by Gasteiger charge is -2.23. The molecular weight excluding hydrogens is 567 g/mol. The molecule has 8 aromatic rings. The Morgan fingerprint density at radius 2 is 1.17 bits per heavy atom. The van der Waals surface area contributed by atoms with Crippen molar-refractivity contribution in [1.29, 1.82) is 0 Å². The number of rotatable bonds is 4. The summed E-state index contributed by atoms with van der Waals surface area (Å²) < 4.78 is 2.42. The number of hydrogen-bond acceptors (Lipinski definition) is 0. The first kappa shape index (κ1) is 27.6. The lowest BCUT2D eigenvalue weighted by atomic mass is 9.81. The van der Waals surface area contributed by atoms with Crippen molar-refractivity contribution in [3.8, 4) is 27.9 Å². The van der Waals surface area contributed by atoms with Crippen molar-refractivity contribution in [2.75, 3.05) is 0 Å². The van der Waals surface area contributed by atoms with Gasteiger partial charge in [-0.05, 0) is 97.6 Å². The molecule has 0 atom stereocenters. The highest BCUT2D eigenvalue weighted by Gasteiger charge is 2.37. The van der Waals surface area contributed by atoms with Crippen molar-refractivity contribution in [1.82, 2.24) is 4.57 Å². The second-order valence-corrected chi connectivity index (χ2v) is 13.5. The fourth-order valence-electron chi connectivity index (χ4n) is 8.21. The van der Waals surface area contributed by atoms with Crippen LogP contribution in [0.4, 0.5) is 0 Å². The third kappa shape index (κ3) is 3.96. The number of aryl methyl sites for hydroxylation is 1. The van der Waals surface area contributed by atoms with E-state index in [4.69, 9.17) is 6.58 Å². The predicted molar refractivity (Wildman–Crippen MR) is 201 cm³/mol. The molecule has 0 spiro atoms. The predicted octanol–water partition coefficient (Wildman–Crippen LogP) is 12.3. The van der Waals surface area contributed by atoms with Crippen LogP contribution in [0.15, 0.2) is 152 Å². The summed E-state index contributed by atoms with van der Waals surface area (Å²) in [5, 5.41) is 5.09. The van der Waals surface area contributed by atoms with Crippen LogP contribution in [0.5, 0.6) is 0 Å². The molecule has 9 rings (SSSR count). The second-order valence-electron chi connectivity index (χ2n) is 13.5. The highest BCUT2D eigenvalue weighted by atomic mass is 15.0. The zero-order chi connectivity index (χ0) is 31.9. The SMILES string of the molecule is C=C(c1ccccc1-c1c(C)ccc2ccccc12)c1cccc2c1-c1ccc(-n3c4ccccc4c4ccccc43)cc1C2(C)C. The van der Waals surface area contributed by atoms with Gasteiger partial charge in [-0.1, -0.05) is 142 Å². The summed E-state index contributed by atoms with van der Waals surface area (Å²) in [4.78, 5) is 0. The fourth-order valence-corrected chi connectivity index (χ4v) is 8.21. The summed E-state index contributed by atoms with van der Waals surface area (Å²) in [7, 11) is 0. The molecular formula is C46H35N. The monoisotopic (exact) mass is 601 g/mol. The summed E-state index contributed by atoms with van der Waals surface area (Å²) in [5.41, 5.74) is 16.0. The molecule has 0 N–H and O–H groups in total. The Hall–Kier alpha value is -5.66. The molecule has 0 bridgehead atoms. The largest absolute Gasteiger partial charge is 0.309 e. The first-order chi connectivity index (χ1) is 22.9. The van der Waals surface area contributed by atoms with E-state index in [1.807, 2.05) is 0 Å². The van der Waals surface area contributed by atoms with Crippen molar-refractivity contribution in [2.24, 2.45) is 0 Å². The lowest BCUT2D eigenvalue weighted by molar-refractivity contribution is 0.660. The molecule has 224 valence electrons. The summed E-state index contributed by atoms with van der Waals surface area (Å²) in [6.07, 6.45) is 0. The van der Waals surface area contributed by atoms with Crippen LogP contribution in [-0.4, -0.2) is 4.57 Å². The number of fused-ring (bicyclic) bond motifs is 7. The maximum atomic E-state index is 4.81. The Morgan fingerprint density at radius 3 is 1.94 bits per heavy atom. The molecule has 1 aliphatic carbocycles. The Labute approximate surface area is 276 Å². The first-order valence-corrected chi connectivity index (χ1v) is 16.5. The topological polar surface area (TPSA) is 4.93 Å². The highest BCUT2D eigenvalue weighted by molar-refractivity contribution is 6.09. The van der Waals surface area contributed by atoms with Crippen molar-refractivity contribution >= 4 is 38.2 Å². The van der Waals surface area contributed by atoms with Crippen LogP contribution in [0.1, 0.15) is 41.7 Å². The van der Waals surface area contributed by atoms with Crippen molar-refractivity contribution in [3.63, 3.8) is 0 Å². The Kier molecular flexibility index (Phi) is 5.98. The Morgan fingerprint density at radius 1 is 0.532 bits per heavy atom. The molecule has 47 heavy (non-hydrogen) atoms. The summed E-state index contributed by atoms with van der Waals surface area (Å²) in [6.45, 7) is 11.8. The molecule has 1 aliphatic rings. The van der Waals surface area contributed by atoms with Gasteiger partial charge in [0, 0.05) is 21.9 Å². The van der Waals surface area contributed by atoms with Gasteiger partial charge in [-0.15, -0.1) is 0 Å². The van der Waals surface area contributed by atoms with E-state index in [-0.39, 0.29) is 5.41 Å². The van der Waals surface area contributed by atoms with Gasteiger partial charge in [-0.2, -0.15) is 0 Å². The quantitative estimate of drug-likeness (QED) is 0.189. The van der Waals surface area contributed by atoms with Crippen LogP contribution in [0.3, 0.4) is 0 Å². The van der Waals surface area contributed by atoms with Crippen molar-refractivity contribution < 1.29 is 0 Å². The molecule has 0 unspecified atom stereocenters. The third-order valence-corrected chi connectivity index (χ3v) is 10.5. The number of nitrogens with zero attached hydrogens (tertiary/aromatic N) is 1. The maximum Gasteiger partial charge on any atom is 0.0541 e. The van der Waals surface area contributed by atoms with Crippen LogP contribution < -0.4 is 0 Å². The zero-order valence-corrected chi connectivity index (χ0v) is 27.0. The van der Waals surface area contributed by atoms with E-state index in [9.17, 15) is 0 Å². The number of para-hydroxylation sites is 2. The van der Waals surface area contributed by atoms with Crippen LogP contribution in [0.2, 0.25) is 0 Å². The van der Waals surface area contributed by atoms with Gasteiger partial charge in [0.15, 0.2) is 0 Å². The van der Waals surface area contributed by atoms with Crippen molar-refractivity contribution in [3.05, 3.63) is 180 Å². The van der Waals surface area contributed by atoms with E-state index in [1.54, 1.807) is 0 Å². The van der Waals surface area contributed by atoms with Gasteiger partial charge >= 0.3 is 0 Å². The molecule has 7 aromatic carbocycles. The van der Waals surface area contributed by atoms with Gasteiger partial charge in [0.25, 0.3) is 0 Å². The number of aromatic nitrogens is 1. The average Bonchev–Trinajstić information content (AvgIpc) is 3.56. The van der Waals surface area contributed by atoms with E-state index in [2.05, 4.69) is 171 Å². The molecule has 0 saturated heterocycles. The third-order valence-electron chi connectivity index (χ3n) is 10.5. The van der Waals surface area contributed by atoms with E-state index < -0.39 is 0 Å². The molecule has 1 aromatic heterocycles. The minimum Gasteiger partial charge on any atom is -0.309 e. The molecule has 1 heteroatoms. The van der Waals surface area contributed by atoms with E-state index in [0.29, 0.717) is 0 Å². The maximum absolute atomic E-state index is 4.81. The molecule has 0 fully saturated rings. The van der Waals surface area contributed by atoms with E-state index in [0.717, 1.165) is 5.57 Å². The number of hydrogen-bond donors (Lipinski definition) is 0. The Bertz CT molecular complexity index is 2520. The smallest absolute Gasteiger partial charge is 0.0541 e. The number of benzene rings is 7. The second kappa shape index (κ2) is 10.2. The molecule has 0 radical (unpaired) electrons. The van der Waals surface area contributed by atoms with Gasteiger partial charge < -0.3 is 4.57 Å². The van der Waals surface area contributed by atoms with Gasteiger partial charge in [0.1, 0.15) is 0 Å². The summed E-state index contributed by atoms with van der Waals surface area (Å²) in [5.74, 6) is 0. The van der Waals surface area contributed by atoms with Crippen LogP contribution in [-0.2, 0) is 5.41 Å². The average molecular weight is 602 g/mol. The summed E-state index contributed by atoms with van der Waals surface area (Å²) >= 11 is 0. The lowest BCUT2D eigenvalue weighted by Crippen LogP contribution is -2.15. The minimum absolute atomic E-state index is 0.165. The van der Waals surface area contributed by atoms with Crippen LogP contribution >= 0.6 is 0 Å². The molecule has 1 heterocycles. The van der Waals surface area contributed by atoms with Crippen LogP contribution in [0.25, 0.3) is 66.1 Å². The minimum atomic E-state index is -0.165. The standard InChI is InChI=1S/C46H35N/c1-29-24-25-31-14-5-6-16-35(31)44(29)38-19-8-7-15-33(38)30(2)34-20-13-21-40-45(34)39-27-26-32(28-41(39)46(40,3)4)47-42-22-11-9-17-36(42)37-18-10-12-23-43(37)47/h5-28H,2H2,1,3-4H3. The molecule has 0 aliphatic heterocycles. The molecule has 1 nitrogen and oxygen atoms in total. The van der Waals surface area contributed by atoms with Gasteiger partial charge in [-0.25, -0.2) is 0 Å². The fraction of sp³-hybridized carbons (Fsp3) is 0.0870. The van der Waals surface area contributed by atoms with Crippen molar-refractivity contribution in [2.45, 2.75) is 26.2 Å². The van der Waals surface area contributed by atoms with Gasteiger partial charge in [-0.3, -0.25) is 0 Å². The van der Waals surface area contributed by atoms with E-state index >= 15 is 0 Å². The molecule has 0 saturated carbocycles.